The summed E-state index contributed by atoms with van der Waals surface area (Å²) in [5.41, 5.74) is 13.1. The fourth-order valence-electron chi connectivity index (χ4n) is 3.11. The van der Waals surface area contributed by atoms with Crippen molar-refractivity contribution in [1.82, 2.24) is 0 Å². The second kappa shape index (κ2) is 5.64. The molecule has 0 spiro atoms. The van der Waals surface area contributed by atoms with Gasteiger partial charge >= 0.3 is 0 Å². The Bertz CT molecular complexity index is 877. The molecule has 23 heavy (non-hydrogen) atoms. The fraction of sp³-hybridized carbons (Fsp3) is 0.0476. The second-order valence-corrected chi connectivity index (χ2v) is 6.80. The van der Waals surface area contributed by atoms with Crippen molar-refractivity contribution in [2.24, 2.45) is 0 Å². The van der Waals surface area contributed by atoms with Crippen LogP contribution in [0.4, 0.5) is 5.69 Å². The quantitative estimate of drug-likeness (QED) is 0.455. The number of allylic oxidation sites excluding steroid dienone is 1. The highest BCUT2D eigenvalue weighted by Gasteiger charge is 2.22. The van der Waals surface area contributed by atoms with E-state index in [1.807, 2.05) is 23.9 Å². The van der Waals surface area contributed by atoms with Gasteiger partial charge in [-0.15, -0.1) is 0 Å². The zero-order chi connectivity index (χ0) is 15.8. The van der Waals surface area contributed by atoms with E-state index in [0.29, 0.717) is 0 Å². The van der Waals surface area contributed by atoms with Gasteiger partial charge < -0.3 is 5.73 Å². The van der Waals surface area contributed by atoms with Crippen LogP contribution in [0.5, 0.6) is 0 Å². The van der Waals surface area contributed by atoms with Crippen molar-refractivity contribution < 1.29 is 0 Å². The minimum Gasteiger partial charge on any atom is -0.399 e. The molecule has 0 aliphatic carbocycles. The van der Waals surface area contributed by atoms with E-state index in [4.69, 9.17) is 5.73 Å². The molecule has 0 radical (unpaired) electrons. The third-order valence-electron chi connectivity index (χ3n) is 4.23. The Kier molecular flexibility index (Phi) is 3.47. The summed E-state index contributed by atoms with van der Waals surface area (Å²) >= 11 is 1.84. The number of nitrogen functional groups attached to an aromatic ring is 1. The van der Waals surface area contributed by atoms with E-state index >= 15 is 0 Å². The van der Waals surface area contributed by atoms with Crippen LogP contribution in [-0.4, -0.2) is 0 Å². The van der Waals surface area contributed by atoms with Crippen molar-refractivity contribution in [3.8, 4) is 0 Å². The zero-order valence-corrected chi connectivity index (χ0v) is 13.7. The average molecular weight is 315 g/mol. The molecule has 0 amide bonds. The normalized spacial score (nSPS) is 12.5. The number of rotatable bonds is 1. The first-order chi connectivity index (χ1) is 11.2. The molecule has 0 unspecified atom stereocenters. The van der Waals surface area contributed by atoms with Crippen LogP contribution in [0.1, 0.15) is 23.6 Å². The maximum atomic E-state index is 5.99. The van der Waals surface area contributed by atoms with Gasteiger partial charge in [0.05, 0.1) is 0 Å². The number of hydrogen-bond donors (Lipinski definition) is 1. The lowest BCUT2D eigenvalue weighted by molar-refractivity contribution is 1.29. The van der Waals surface area contributed by atoms with Crippen LogP contribution in [-0.2, 0) is 0 Å². The molecule has 1 aliphatic heterocycles. The van der Waals surface area contributed by atoms with E-state index in [0.717, 1.165) is 5.69 Å². The van der Waals surface area contributed by atoms with Crippen LogP contribution in [0.2, 0.25) is 0 Å². The highest BCUT2D eigenvalue weighted by atomic mass is 32.2. The molecule has 1 nitrogen and oxygen atoms in total. The summed E-state index contributed by atoms with van der Waals surface area (Å²) in [6.07, 6.45) is 0. The first-order valence-corrected chi connectivity index (χ1v) is 8.49. The fourth-order valence-corrected chi connectivity index (χ4v) is 4.20. The Balaban J connectivity index is 2.02. The van der Waals surface area contributed by atoms with Crippen molar-refractivity contribution in [1.29, 1.82) is 0 Å². The van der Waals surface area contributed by atoms with Crippen LogP contribution in [0.15, 0.2) is 82.6 Å². The molecule has 0 saturated carbocycles. The average Bonchev–Trinajstić information content (AvgIpc) is 2.59. The Labute approximate surface area is 140 Å². The molecule has 2 heteroatoms. The lowest BCUT2D eigenvalue weighted by Gasteiger charge is -2.24. The van der Waals surface area contributed by atoms with Crippen LogP contribution in [0.3, 0.4) is 0 Å². The summed E-state index contributed by atoms with van der Waals surface area (Å²) in [7, 11) is 0. The van der Waals surface area contributed by atoms with E-state index < -0.39 is 0 Å². The minimum absolute atomic E-state index is 0.800. The van der Waals surface area contributed by atoms with E-state index in [-0.39, 0.29) is 0 Å². The van der Waals surface area contributed by atoms with Crippen LogP contribution in [0.25, 0.3) is 11.1 Å². The largest absolute Gasteiger partial charge is 0.399 e. The molecule has 3 aromatic rings. The summed E-state index contributed by atoms with van der Waals surface area (Å²) in [4.78, 5) is 2.62. The minimum atomic E-state index is 0.800. The maximum Gasteiger partial charge on any atom is 0.0320 e. The number of nitrogens with two attached hydrogens (primary N) is 1. The lowest BCUT2D eigenvalue weighted by Crippen LogP contribution is -2.01. The molecule has 0 atom stereocenters. The van der Waals surface area contributed by atoms with E-state index in [2.05, 4.69) is 67.6 Å². The van der Waals surface area contributed by atoms with E-state index in [1.165, 1.54) is 37.6 Å². The van der Waals surface area contributed by atoms with Crippen molar-refractivity contribution in [3.05, 3.63) is 89.5 Å². The summed E-state index contributed by atoms with van der Waals surface area (Å²) in [5, 5.41) is 0. The van der Waals surface area contributed by atoms with E-state index in [1.54, 1.807) is 0 Å². The van der Waals surface area contributed by atoms with Crippen molar-refractivity contribution in [3.63, 3.8) is 0 Å². The highest BCUT2D eigenvalue weighted by molar-refractivity contribution is 7.99. The molecular formula is C21H17NS. The molecule has 0 aromatic heterocycles. The number of anilines is 1. The molecule has 0 fully saturated rings. The van der Waals surface area contributed by atoms with Gasteiger partial charge in [-0.1, -0.05) is 60.3 Å². The van der Waals surface area contributed by atoms with Gasteiger partial charge in [0.15, 0.2) is 0 Å². The third-order valence-corrected chi connectivity index (χ3v) is 5.38. The van der Waals surface area contributed by atoms with Gasteiger partial charge in [-0.05, 0) is 59.0 Å². The Hall–Kier alpha value is -2.45. The lowest BCUT2D eigenvalue weighted by atomic mass is 9.90. The Morgan fingerprint density at radius 2 is 1.39 bits per heavy atom. The molecular weight excluding hydrogens is 298 g/mol. The van der Waals surface area contributed by atoms with Gasteiger partial charge in [0.1, 0.15) is 0 Å². The molecule has 112 valence electrons. The first kappa shape index (κ1) is 14.2. The standard InChI is InChI=1S/C21H17NS/c1-14(15-7-6-8-16(22)13-15)21-17-9-2-4-11-19(17)23-20-12-5-3-10-18(20)21/h2-13H,22H2,1H3. The van der Waals surface area contributed by atoms with E-state index in [9.17, 15) is 0 Å². The molecule has 1 heterocycles. The third kappa shape index (κ3) is 2.45. The zero-order valence-electron chi connectivity index (χ0n) is 12.9. The second-order valence-electron chi connectivity index (χ2n) is 5.72. The van der Waals surface area contributed by atoms with Gasteiger partial charge in [-0.25, -0.2) is 0 Å². The first-order valence-electron chi connectivity index (χ1n) is 7.67. The number of benzene rings is 3. The molecule has 0 saturated heterocycles. The van der Waals surface area contributed by atoms with Crippen LogP contribution in [0, 0.1) is 0 Å². The summed E-state index contributed by atoms with van der Waals surface area (Å²) in [5.74, 6) is 0. The molecule has 0 bridgehead atoms. The van der Waals surface area contributed by atoms with Crippen molar-refractivity contribution in [2.45, 2.75) is 16.7 Å². The maximum absolute atomic E-state index is 5.99. The topological polar surface area (TPSA) is 26.0 Å². The predicted octanol–water partition coefficient (Wildman–Crippen LogP) is 5.71. The van der Waals surface area contributed by atoms with Gasteiger partial charge in [-0.3, -0.25) is 0 Å². The molecule has 3 aromatic carbocycles. The predicted molar refractivity (Wildman–Crippen MR) is 99.5 cm³/mol. The van der Waals surface area contributed by atoms with Gasteiger partial charge in [0.25, 0.3) is 0 Å². The van der Waals surface area contributed by atoms with Crippen molar-refractivity contribution >= 4 is 28.6 Å². The summed E-state index contributed by atoms with van der Waals surface area (Å²) in [6, 6.07) is 25.4. The molecule has 4 rings (SSSR count). The Morgan fingerprint density at radius 1 is 0.783 bits per heavy atom. The monoisotopic (exact) mass is 315 g/mol. The van der Waals surface area contributed by atoms with Gasteiger partial charge in [0, 0.05) is 15.5 Å². The number of fused-ring (bicyclic) bond motifs is 2. The SMILES string of the molecule is CC(=C1c2ccccc2Sc2ccccc21)c1cccc(N)c1. The Morgan fingerprint density at radius 3 is 2.00 bits per heavy atom. The summed E-state index contributed by atoms with van der Waals surface area (Å²) in [6.45, 7) is 2.19. The summed E-state index contributed by atoms with van der Waals surface area (Å²) < 4.78 is 0. The highest BCUT2D eigenvalue weighted by Crippen LogP contribution is 2.47. The smallest absolute Gasteiger partial charge is 0.0320 e. The molecule has 1 aliphatic rings. The van der Waals surface area contributed by atoms with Crippen LogP contribution < -0.4 is 5.73 Å². The van der Waals surface area contributed by atoms with Gasteiger partial charge in [0.2, 0.25) is 0 Å². The van der Waals surface area contributed by atoms with Crippen molar-refractivity contribution in [2.75, 3.05) is 5.73 Å². The van der Waals surface area contributed by atoms with Gasteiger partial charge in [-0.2, -0.15) is 0 Å². The molecule has 2 N–H and O–H groups in total. The van der Waals surface area contributed by atoms with Crippen LogP contribution >= 0.6 is 11.8 Å². The number of hydrogen-bond acceptors (Lipinski definition) is 2.